The van der Waals surface area contributed by atoms with E-state index in [0.29, 0.717) is 0 Å². The van der Waals surface area contributed by atoms with E-state index in [-0.39, 0.29) is 0 Å². The van der Waals surface area contributed by atoms with Gasteiger partial charge in [0.05, 0.1) is 12.9 Å². The highest BCUT2D eigenvalue weighted by Crippen LogP contribution is 2.23. The van der Waals surface area contributed by atoms with Gasteiger partial charge in [0.15, 0.2) is 6.29 Å². The molecule has 0 spiro atoms. The predicted octanol–water partition coefficient (Wildman–Crippen LogP) is -3.09. The van der Waals surface area contributed by atoms with Crippen molar-refractivity contribution in [2.75, 3.05) is 12.9 Å². The van der Waals surface area contributed by atoms with E-state index < -0.39 is 53.3 Å². The summed E-state index contributed by atoms with van der Waals surface area (Å²) in [6.07, 6.45) is -5.04. The van der Waals surface area contributed by atoms with Gasteiger partial charge in [-0.2, -0.15) is 8.42 Å². The standard InChI is InChI=1S/C9H17NO8S/c1-4(12)10-6-7(13)8(18-19(2,15)16)5(3-11)17-9(6)14/h5-9,11,13-14H,3H2,1-2H3,(H,10,12)/t5-,6+,7-,8-,9-/m1/s1. The molecule has 0 aromatic rings. The Morgan fingerprint density at radius 2 is 2.00 bits per heavy atom. The fourth-order valence-corrected chi connectivity index (χ4v) is 2.43. The van der Waals surface area contributed by atoms with Gasteiger partial charge in [-0.15, -0.1) is 0 Å². The monoisotopic (exact) mass is 299 g/mol. The van der Waals surface area contributed by atoms with Crippen LogP contribution in [0.3, 0.4) is 0 Å². The van der Waals surface area contributed by atoms with Gasteiger partial charge in [-0.1, -0.05) is 0 Å². The maximum Gasteiger partial charge on any atom is 0.264 e. The van der Waals surface area contributed by atoms with Gasteiger partial charge >= 0.3 is 0 Å². The molecule has 1 heterocycles. The molecule has 4 N–H and O–H groups in total. The van der Waals surface area contributed by atoms with Crippen molar-refractivity contribution >= 4 is 16.0 Å². The minimum Gasteiger partial charge on any atom is -0.394 e. The summed E-state index contributed by atoms with van der Waals surface area (Å²) < 4.78 is 31.7. The highest BCUT2D eigenvalue weighted by atomic mass is 32.2. The molecule has 0 unspecified atom stereocenters. The van der Waals surface area contributed by atoms with E-state index >= 15 is 0 Å². The van der Waals surface area contributed by atoms with Crippen LogP contribution >= 0.6 is 0 Å². The zero-order chi connectivity index (χ0) is 14.8. The second kappa shape index (κ2) is 6.11. The van der Waals surface area contributed by atoms with Crippen LogP contribution in [0.5, 0.6) is 0 Å². The third kappa shape index (κ3) is 4.37. The first-order chi connectivity index (χ1) is 8.65. The summed E-state index contributed by atoms with van der Waals surface area (Å²) in [6, 6.07) is -1.26. The maximum absolute atomic E-state index is 11.1. The first-order valence-corrected chi connectivity index (χ1v) is 7.25. The fraction of sp³-hybridized carbons (Fsp3) is 0.889. The lowest BCUT2D eigenvalue weighted by atomic mass is 9.97. The largest absolute Gasteiger partial charge is 0.394 e. The molecule has 1 rings (SSSR count). The molecule has 1 aliphatic rings. The Bertz CT molecular complexity index is 424. The lowest BCUT2D eigenvalue weighted by molar-refractivity contribution is -0.247. The normalized spacial score (nSPS) is 35.9. The number of carbonyl (C=O) groups excluding carboxylic acids is 1. The molecule has 112 valence electrons. The van der Waals surface area contributed by atoms with Gasteiger partial charge < -0.3 is 25.4 Å². The molecule has 1 amide bonds. The Kier molecular flexibility index (Phi) is 5.24. The molecule has 0 aromatic heterocycles. The summed E-state index contributed by atoms with van der Waals surface area (Å²) >= 11 is 0. The van der Waals surface area contributed by atoms with Crippen molar-refractivity contribution in [2.24, 2.45) is 0 Å². The fourth-order valence-electron chi connectivity index (χ4n) is 1.79. The summed E-state index contributed by atoms with van der Waals surface area (Å²) in [4.78, 5) is 10.9. The summed E-state index contributed by atoms with van der Waals surface area (Å²) in [5, 5.41) is 30.8. The molecule has 0 radical (unpaired) electrons. The number of amides is 1. The second-order valence-electron chi connectivity index (χ2n) is 4.23. The molecule has 0 aromatic carbocycles. The highest BCUT2D eigenvalue weighted by molar-refractivity contribution is 7.86. The Morgan fingerprint density at radius 3 is 2.42 bits per heavy atom. The van der Waals surface area contributed by atoms with Crippen molar-refractivity contribution in [2.45, 2.75) is 37.6 Å². The summed E-state index contributed by atoms with van der Waals surface area (Å²) in [6.45, 7) is 0.491. The molecule has 1 saturated heterocycles. The van der Waals surface area contributed by atoms with Crippen LogP contribution in [-0.2, 0) is 23.8 Å². The van der Waals surface area contributed by atoms with Gasteiger partial charge in [0.2, 0.25) is 5.91 Å². The molecule has 1 fully saturated rings. The summed E-state index contributed by atoms with van der Waals surface area (Å²) in [5.74, 6) is -0.549. The number of ether oxygens (including phenoxy) is 1. The van der Waals surface area contributed by atoms with Gasteiger partial charge in [-0.25, -0.2) is 0 Å². The van der Waals surface area contributed by atoms with Crippen LogP contribution in [0.25, 0.3) is 0 Å². The number of hydrogen-bond acceptors (Lipinski definition) is 8. The van der Waals surface area contributed by atoms with E-state index in [4.69, 9.17) is 9.84 Å². The average Bonchev–Trinajstić information content (AvgIpc) is 2.26. The molecule has 0 aliphatic carbocycles. The zero-order valence-electron chi connectivity index (χ0n) is 10.4. The molecular formula is C9H17NO8S. The number of aliphatic hydroxyl groups excluding tert-OH is 3. The summed E-state index contributed by atoms with van der Waals surface area (Å²) in [5.41, 5.74) is 0. The van der Waals surface area contributed by atoms with Crippen LogP contribution in [0.1, 0.15) is 6.92 Å². The number of aliphatic hydroxyl groups is 3. The predicted molar refractivity (Wildman–Crippen MR) is 61.3 cm³/mol. The Balaban J connectivity index is 2.94. The van der Waals surface area contributed by atoms with Crippen molar-refractivity contribution < 1.29 is 37.5 Å². The molecule has 0 saturated carbocycles. The smallest absolute Gasteiger partial charge is 0.264 e. The molecule has 10 heteroatoms. The lowest BCUT2D eigenvalue weighted by Crippen LogP contribution is -2.64. The van der Waals surface area contributed by atoms with Gasteiger partial charge in [-0.05, 0) is 0 Å². The van der Waals surface area contributed by atoms with Crippen molar-refractivity contribution in [3.05, 3.63) is 0 Å². The average molecular weight is 299 g/mol. The minimum atomic E-state index is -3.91. The van der Waals surface area contributed by atoms with E-state index in [2.05, 4.69) is 9.50 Å². The van der Waals surface area contributed by atoms with Crippen molar-refractivity contribution in [3.63, 3.8) is 0 Å². The van der Waals surface area contributed by atoms with Crippen molar-refractivity contribution in [1.29, 1.82) is 0 Å². The van der Waals surface area contributed by atoms with Crippen LogP contribution in [0.4, 0.5) is 0 Å². The SMILES string of the molecule is CC(=O)N[C@H]1[C@@H](O)[C@H](OS(C)(=O)=O)[C@@H](CO)O[C@H]1O. The van der Waals surface area contributed by atoms with Crippen LogP contribution in [0.15, 0.2) is 0 Å². The lowest BCUT2D eigenvalue weighted by Gasteiger charge is -2.41. The molecule has 19 heavy (non-hydrogen) atoms. The molecule has 9 nitrogen and oxygen atoms in total. The van der Waals surface area contributed by atoms with Crippen LogP contribution in [-0.4, -0.2) is 73.2 Å². The number of rotatable bonds is 4. The highest BCUT2D eigenvalue weighted by Gasteiger charge is 2.47. The number of carbonyl (C=O) groups is 1. The van der Waals surface area contributed by atoms with Crippen molar-refractivity contribution in [3.8, 4) is 0 Å². The Morgan fingerprint density at radius 1 is 1.42 bits per heavy atom. The Hall–Kier alpha value is -0.780. The first-order valence-electron chi connectivity index (χ1n) is 5.43. The van der Waals surface area contributed by atoms with E-state index in [0.717, 1.165) is 13.2 Å². The van der Waals surface area contributed by atoms with Crippen molar-refractivity contribution in [1.82, 2.24) is 5.32 Å². The quantitative estimate of drug-likeness (QED) is 0.400. The molecular weight excluding hydrogens is 282 g/mol. The van der Waals surface area contributed by atoms with Gasteiger partial charge in [0.1, 0.15) is 24.4 Å². The first kappa shape index (κ1) is 16.3. The third-order valence-electron chi connectivity index (χ3n) is 2.53. The van der Waals surface area contributed by atoms with Crippen LogP contribution in [0.2, 0.25) is 0 Å². The maximum atomic E-state index is 11.1. The second-order valence-corrected chi connectivity index (χ2v) is 5.83. The van der Waals surface area contributed by atoms with Gasteiger partial charge in [0.25, 0.3) is 10.1 Å². The van der Waals surface area contributed by atoms with Crippen LogP contribution < -0.4 is 5.32 Å². The Labute approximate surface area is 110 Å². The van der Waals surface area contributed by atoms with E-state index in [9.17, 15) is 23.4 Å². The van der Waals surface area contributed by atoms with E-state index in [1.807, 2.05) is 0 Å². The third-order valence-corrected chi connectivity index (χ3v) is 3.10. The number of nitrogens with one attached hydrogen (secondary N) is 1. The molecule has 1 aliphatic heterocycles. The van der Waals surface area contributed by atoms with Crippen LogP contribution in [0, 0.1) is 0 Å². The number of hydrogen-bond donors (Lipinski definition) is 4. The summed E-state index contributed by atoms with van der Waals surface area (Å²) in [7, 11) is -3.91. The van der Waals surface area contributed by atoms with Gasteiger partial charge in [0, 0.05) is 6.92 Å². The molecule has 5 atom stereocenters. The zero-order valence-corrected chi connectivity index (χ0v) is 11.2. The molecule has 0 bridgehead atoms. The topological polar surface area (TPSA) is 142 Å². The minimum absolute atomic E-state index is 0.549. The van der Waals surface area contributed by atoms with E-state index in [1.54, 1.807) is 0 Å². The van der Waals surface area contributed by atoms with E-state index in [1.165, 1.54) is 0 Å². The van der Waals surface area contributed by atoms with Gasteiger partial charge in [-0.3, -0.25) is 8.98 Å².